The number of rotatable bonds is 21. The van der Waals surface area contributed by atoms with Crippen LogP contribution in [0.1, 0.15) is 102 Å². The predicted molar refractivity (Wildman–Crippen MR) is 172 cm³/mol. The van der Waals surface area contributed by atoms with Crippen molar-refractivity contribution in [3.63, 3.8) is 0 Å². The average molecular weight is 637 g/mol. The monoisotopic (exact) mass is 636 g/mol. The van der Waals surface area contributed by atoms with Gasteiger partial charge in [-0.15, -0.1) is 0 Å². The fourth-order valence-corrected chi connectivity index (χ4v) is 5.33. The third-order valence-electron chi connectivity index (χ3n) is 8.05. The number of urea groups is 1. The Morgan fingerprint density at radius 3 is 1.59 bits per heavy atom. The van der Waals surface area contributed by atoms with Crippen molar-refractivity contribution in [3.8, 4) is 0 Å². The van der Waals surface area contributed by atoms with E-state index in [-0.39, 0.29) is 26.1 Å². The highest BCUT2D eigenvalue weighted by molar-refractivity contribution is 6.09. The van der Waals surface area contributed by atoms with Crippen molar-refractivity contribution < 1.29 is 38.2 Å². The highest BCUT2D eigenvalue weighted by atomic mass is 16.6. The molecule has 0 aromatic heterocycles. The second kappa shape index (κ2) is 19.3. The van der Waals surface area contributed by atoms with E-state index < -0.39 is 48.0 Å². The maximum atomic E-state index is 13.9. The van der Waals surface area contributed by atoms with E-state index in [2.05, 4.69) is 19.2 Å². The Morgan fingerprint density at radius 1 is 0.674 bits per heavy atom. The van der Waals surface area contributed by atoms with Gasteiger partial charge in [-0.2, -0.15) is 0 Å². The SMILES string of the molecule is CCCCCCCC(=O)OCC(COC(=O)CCCCCCC)C(=O)OCN1C(=O)NC(c2ccccc2)(c2ccccc2)C1=O. The molecule has 1 fully saturated rings. The summed E-state index contributed by atoms with van der Waals surface area (Å²) in [6.45, 7) is 2.85. The molecule has 0 aliphatic carbocycles. The van der Waals surface area contributed by atoms with Crippen LogP contribution in [0.2, 0.25) is 0 Å². The van der Waals surface area contributed by atoms with Gasteiger partial charge in [0, 0.05) is 12.8 Å². The van der Waals surface area contributed by atoms with Crippen LogP contribution < -0.4 is 5.32 Å². The minimum atomic E-state index is -1.51. The zero-order valence-corrected chi connectivity index (χ0v) is 27.2. The van der Waals surface area contributed by atoms with Crippen molar-refractivity contribution in [2.75, 3.05) is 19.9 Å². The molecular formula is C36H48N2O8. The first-order chi connectivity index (χ1) is 22.3. The topological polar surface area (TPSA) is 128 Å². The van der Waals surface area contributed by atoms with Gasteiger partial charge in [-0.1, -0.05) is 126 Å². The van der Waals surface area contributed by atoms with E-state index in [1.807, 2.05) is 12.1 Å². The quantitative estimate of drug-likeness (QED) is 0.0721. The normalized spacial score (nSPS) is 13.8. The van der Waals surface area contributed by atoms with Gasteiger partial charge in [0.25, 0.3) is 5.91 Å². The second-order valence-corrected chi connectivity index (χ2v) is 11.6. The average Bonchev–Trinajstić information content (AvgIpc) is 3.33. The van der Waals surface area contributed by atoms with Crippen LogP contribution in [0.5, 0.6) is 0 Å². The van der Waals surface area contributed by atoms with Gasteiger partial charge >= 0.3 is 23.9 Å². The van der Waals surface area contributed by atoms with Crippen molar-refractivity contribution in [2.45, 2.75) is 96.4 Å². The maximum absolute atomic E-state index is 13.9. The van der Waals surface area contributed by atoms with Crippen LogP contribution >= 0.6 is 0 Å². The van der Waals surface area contributed by atoms with Crippen LogP contribution in [-0.2, 0) is 38.9 Å². The molecule has 1 aliphatic heterocycles. The Labute approximate surface area is 272 Å². The Bertz CT molecular complexity index is 1200. The van der Waals surface area contributed by atoms with Gasteiger partial charge in [0.1, 0.15) is 19.1 Å². The lowest BCUT2D eigenvalue weighted by molar-refractivity contribution is -0.163. The molecule has 2 aromatic rings. The molecule has 0 radical (unpaired) electrons. The van der Waals surface area contributed by atoms with E-state index in [9.17, 15) is 24.0 Å². The van der Waals surface area contributed by atoms with Crippen LogP contribution in [-0.4, -0.2) is 54.7 Å². The molecule has 0 saturated carbocycles. The minimum Gasteiger partial charge on any atom is -0.465 e. The van der Waals surface area contributed by atoms with E-state index >= 15 is 0 Å². The molecule has 1 N–H and O–H groups in total. The number of nitrogens with one attached hydrogen (secondary N) is 1. The Kier molecular flexibility index (Phi) is 15.2. The third kappa shape index (κ3) is 10.4. The molecule has 0 atom stereocenters. The number of amides is 3. The number of carbonyl (C=O) groups is 5. The third-order valence-corrected chi connectivity index (χ3v) is 8.05. The number of unbranched alkanes of at least 4 members (excludes halogenated alkanes) is 8. The Morgan fingerprint density at radius 2 is 1.13 bits per heavy atom. The van der Waals surface area contributed by atoms with Crippen LogP contribution in [0, 0.1) is 5.92 Å². The molecule has 3 amide bonds. The first kappa shape index (κ1) is 36.3. The standard InChI is InChI=1S/C36H48N2O8/c1-3-5-7-9-17-23-31(39)44-25-28(26-45-32(40)24-18-10-8-6-4-2)33(41)46-27-38-34(42)36(37-35(38)43,29-19-13-11-14-20-29)30-21-15-12-16-22-30/h11-16,19-22,28H,3-10,17-18,23-27H2,1-2H3,(H,37,43). The predicted octanol–water partition coefficient (Wildman–Crippen LogP) is 6.41. The van der Waals surface area contributed by atoms with Gasteiger partial charge in [-0.3, -0.25) is 19.2 Å². The van der Waals surface area contributed by atoms with Gasteiger partial charge in [0.15, 0.2) is 12.3 Å². The summed E-state index contributed by atoms with van der Waals surface area (Å²) in [6, 6.07) is 16.9. The number of hydrogen-bond donors (Lipinski definition) is 1. The van der Waals surface area contributed by atoms with E-state index in [1.165, 1.54) is 0 Å². The van der Waals surface area contributed by atoms with E-state index in [4.69, 9.17) is 14.2 Å². The van der Waals surface area contributed by atoms with Crippen LogP contribution in [0.4, 0.5) is 4.79 Å². The maximum Gasteiger partial charge on any atom is 0.328 e. The first-order valence-corrected chi connectivity index (χ1v) is 16.6. The summed E-state index contributed by atoms with van der Waals surface area (Å²) in [7, 11) is 0. The van der Waals surface area contributed by atoms with Gasteiger partial charge in [-0.05, 0) is 24.0 Å². The lowest BCUT2D eigenvalue weighted by Crippen LogP contribution is -2.45. The highest BCUT2D eigenvalue weighted by Gasteiger charge is 2.54. The fourth-order valence-electron chi connectivity index (χ4n) is 5.33. The molecule has 1 aliphatic rings. The number of ether oxygens (including phenoxy) is 3. The summed E-state index contributed by atoms with van der Waals surface area (Å²) in [6.07, 6.45) is 10.1. The Hall–Kier alpha value is -4.21. The number of benzene rings is 2. The zero-order chi connectivity index (χ0) is 33.2. The summed E-state index contributed by atoms with van der Waals surface area (Å²) in [5, 5.41) is 2.80. The molecule has 10 nitrogen and oxygen atoms in total. The Balaban J connectivity index is 1.65. The summed E-state index contributed by atoms with van der Waals surface area (Å²) >= 11 is 0. The van der Waals surface area contributed by atoms with Crippen molar-refractivity contribution >= 4 is 29.8 Å². The zero-order valence-electron chi connectivity index (χ0n) is 27.2. The molecular weight excluding hydrogens is 588 g/mol. The van der Waals surface area contributed by atoms with E-state index in [0.29, 0.717) is 24.0 Å². The van der Waals surface area contributed by atoms with Crippen LogP contribution in [0.3, 0.4) is 0 Å². The van der Waals surface area contributed by atoms with Gasteiger partial charge in [0.05, 0.1) is 0 Å². The summed E-state index contributed by atoms with van der Waals surface area (Å²) in [4.78, 5) is 65.9. The van der Waals surface area contributed by atoms with Gasteiger partial charge in [-0.25, -0.2) is 9.69 Å². The summed E-state index contributed by atoms with van der Waals surface area (Å²) < 4.78 is 16.2. The molecule has 46 heavy (non-hydrogen) atoms. The summed E-state index contributed by atoms with van der Waals surface area (Å²) in [5.41, 5.74) is -0.408. The molecule has 10 heteroatoms. The minimum absolute atomic E-state index is 0.215. The van der Waals surface area contributed by atoms with Gasteiger partial charge < -0.3 is 19.5 Å². The lowest BCUT2D eigenvalue weighted by Gasteiger charge is -2.28. The highest BCUT2D eigenvalue weighted by Crippen LogP contribution is 2.36. The molecule has 0 spiro atoms. The summed E-state index contributed by atoms with van der Waals surface area (Å²) in [5.74, 6) is -3.50. The van der Waals surface area contributed by atoms with E-state index in [0.717, 1.165) is 56.3 Å². The largest absolute Gasteiger partial charge is 0.465 e. The second-order valence-electron chi connectivity index (χ2n) is 11.6. The fraction of sp³-hybridized carbons (Fsp3) is 0.528. The molecule has 1 saturated heterocycles. The molecule has 3 rings (SSSR count). The number of carbonyl (C=O) groups excluding carboxylic acids is 5. The molecule has 0 unspecified atom stereocenters. The molecule has 2 aromatic carbocycles. The van der Waals surface area contributed by atoms with Crippen molar-refractivity contribution in [2.24, 2.45) is 5.92 Å². The van der Waals surface area contributed by atoms with Crippen molar-refractivity contribution in [1.82, 2.24) is 10.2 Å². The number of nitrogens with zero attached hydrogens (tertiary/aromatic N) is 1. The molecule has 1 heterocycles. The van der Waals surface area contributed by atoms with Crippen molar-refractivity contribution in [1.29, 1.82) is 0 Å². The molecule has 0 bridgehead atoms. The van der Waals surface area contributed by atoms with Crippen LogP contribution in [0.25, 0.3) is 0 Å². The lowest BCUT2D eigenvalue weighted by atomic mass is 9.83. The van der Waals surface area contributed by atoms with Crippen molar-refractivity contribution in [3.05, 3.63) is 71.8 Å². The van der Waals surface area contributed by atoms with E-state index in [1.54, 1.807) is 48.5 Å². The number of hydrogen-bond acceptors (Lipinski definition) is 8. The number of esters is 3. The van der Waals surface area contributed by atoms with Gasteiger partial charge in [0.2, 0.25) is 0 Å². The first-order valence-electron chi connectivity index (χ1n) is 16.6. The number of imide groups is 1. The smallest absolute Gasteiger partial charge is 0.328 e. The van der Waals surface area contributed by atoms with Crippen LogP contribution in [0.15, 0.2) is 60.7 Å². The molecule has 250 valence electrons.